The number of sulfonamides is 1. The number of nitrogens with zero attached hydrogens (tertiary/aromatic N) is 3. The Morgan fingerprint density at radius 2 is 1.88 bits per heavy atom. The second-order valence-electron chi connectivity index (χ2n) is 8.88. The maximum Gasteiger partial charge on any atom is 0.410 e. The number of pyridine rings is 1. The number of carbonyl (C=O) groups excluding carboxylic acids is 1. The fourth-order valence-corrected chi connectivity index (χ4v) is 6.69. The maximum absolute atomic E-state index is 13.4. The van der Waals surface area contributed by atoms with Crippen molar-refractivity contribution in [3.8, 4) is 5.88 Å². The number of hydrogen-bond donors (Lipinski definition) is 1. The molecular formula is C22H31N3O8S. The summed E-state index contributed by atoms with van der Waals surface area (Å²) >= 11 is 0. The van der Waals surface area contributed by atoms with Crippen LogP contribution in [0.3, 0.4) is 0 Å². The van der Waals surface area contributed by atoms with Gasteiger partial charge in [-0.25, -0.2) is 18.2 Å². The van der Waals surface area contributed by atoms with Crippen molar-refractivity contribution in [3.05, 3.63) is 18.3 Å². The molecule has 1 N–H and O–H groups in total. The molecule has 3 atom stereocenters. The van der Waals surface area contributed by atoms with E-state index < -0.39 is 40.2 Å². The Bertz CT molecular complexity index is 980. The van der Waals surface area contributed by atoms with Crippen molar-refractivity contribution in [2.75, 3.05) is 26.9 Å². The minimum Gasteiger partial charge on any atom is -0.480 e. The van der Waals surface area contributed by atoms with Gasteiger partial charge in [-0.2, -0.15) is 4.31 Å². The molecule has 11 nitrogen and oxygen atoms in total. The van der Waals surface area contributed by atoms with Crippen molar-refractivity contribution in [1.29, 1.82) is 0 Å². The number of carboxylic acid groups (broad SMARTS) is 1. The van der Waals surface area contributed by atoms with Gasteiger partial charge in [0.05, 0.1) is 18.8 Å². The molecule has 0 unspecified atom stereocenters. The molecule has 2 saturated heterocycles. The molecule has 0 radical (unpaired) electrons. The molecule has 0 aromatic carbocycles. The number of piperazine rings is 1. The van der Waals surface area contributed by atoms with Gasteiger partial charge in [-0.3, -0.25) is 9.69 Å². The number of amides is 1. The Morgan fingerprint density at radius 1 is 1.12 bits per heavy atom. The van der Waals surface area contributed by atoms with Crippen molar-refractivity contribution in [3.63, 3.8) is 0 Å². The van der Waals surface area contributed by atoms with Crippen LogP contribution in [0.1, 0.15) is 44.9 Å². The van der Waals surface area contributed by atoms with Crippen LogP contribution in [0.15, 0.2) is 23.2 Å². The van der Waals surface area contributed by atoms with E-state index >= 15 is 0 Å². The first-order valence-corrected chi connectivity index (χ1v) is 13.1. The molecule has 2 bridgehead atoms. The second kappa shape index (κ2) is 10.4. The fourth-order valence-electron chi connectivity index (χ4n) is 5.10. The quantitative estimate of drug-likeness (QED) is 0.534. The van der Waals surface area contributed by atoms with Crippen molar-refractivity contribution >= 4 is 22.1 Å². The lowest BCUT2D eigenvalue weighted by Crippen LogP contribution is -2.64. The van der Waals surface area contributed by atoms with Gasteiger partial charge in [-0.05, 0) is 44.6 Å². The van der Waals surface area contributed by atoms with E-state index in [0.29, 0.717) is 18.7 Å². The number of aliphatic carboxylic acids is 1. The van der Waals surface area contributed by atoms with Gasteiger partial charge in [0.15, 0.2) is 0 Å². The second-order valence-corrected chi connectivity index (χ2v) is 10.8. The molecule has 2 aliphatic heterocycles. The summed E-state index contributed by atoms with van der Waals surface area (Å²) < 4.78 is 43.8. The number of rotatable bonds is 8. The summed E-state index contributed by atoms with van der Waals surface area (Å²) in [7, 11) is -2.69. The van der Waals surface area contributed by atoms with Gasteiger partial charge in [0.2, 0.25) is 15.9 Å². The first-order valence-electron chi connectivity index (χ1n) is 11.6. The average molecular weight is 498 g/mol. The number of fused-ring (bicyclic) bond motifs is 2. The Hall–Kier alpha value is -2.44. The molecule has 3 aliphatic rings. The number of methoxy groups -OCH3 is 1. The first-order chi connectivity index (χ1) is 16.3. The Morgan fingerprint density at radius 3 is 2.53 bits per heavy atom. The molecular weight excluding hydrogens is 466 g/mol. The van der Waals surface area contributed by atoms with Gasteiger partial charge in [-0.1, -0.05) is 6.42 Å². The van der Waals surface area contributed by atoms with Crippen molar-refractivity contribution in [1.82, 2.24) is 14.2 Å². The van der Waals surface area contributed by atoms with Crippen LogP contribution < -0.4 is 4.74 Å². The number of aromatic nitrogens is 1. The van der Waals surface area contributed by atoms with Crippen LogP contribution in [0.5, 0.6) is 5.88 Å². The first kappa shape index (κ1) is 24.7. The number of carboxylic acids is 1. The van der Waals surface area contributed by atoms with Gasteiger partial charge in [-0.15, -0.1) is 0 Å². The summed E-state index contributed by atoms with van der Waals surface area (Å²) in [6.45, 7) is 0.118. The molecule has 1 saturated carbocycles. The summed E-state index contributed by atoms with van der Waals surface area (Å²) in [5, 5.41) is 9.94. The third-order valence-corrected chi connectivity index (χ3v) is 8.57. The van der Waals surface area contributed by atoms with Crippen LogP contribution in [0.2, 0.25) is 0 Å². The fraction of sp³-hybridized carbons (Fsp3) is 0.682. The van der Waals surface area contributed by atoms with Crippen LogP contribution in [0, 0.1) is 0 Å². The summed E-state index contributed by atoms with van der Waals surface area (Å²) in [4.78, 5) is 30.2. The number of carbonyl (C=O) groups is 2. The van der Waals surface area contributed by atoms with Crippen molar-refractivity contribution in [2.24, 2.45) is 0 Å². The smallest absolute Gasteiger partial charge is 0.410 e. The van der Waals surface area contributed by atoms with E-state index in [-0.39, 0.29) is 30.8 Å². The zero-order valence-corrected chi connectivity index (χ0v) is 20.0. The summed E-state index contributed by atoms with van der Waals surface area (Å²) in [5.74, 6) is -0.960. The van der Waals surface area contributed by atoms with Crippen LogP contribution in [0.25, 0.3) is 0 Å². The van der Waals surface area contributed by atoms with E-state index in [1.54, 1.807) is 0 Å². The molecule has 1 aromatic heterocycles. The molecule has 1 amide bonds. The van der Waals surface area contributed by atoms with E-state index in [4.69, 9.17) is 14.2 Å². The van der Waals surface area contributed by atoms with Crippen LogP contribution >= 0.6 is 0 Å². The summed E-state index contributed by atoms with van der Waals surface area (Å²) in [6.07, 6.45) is 6.78. The molecule has 0 spiro atoms. The topological polar surface area (TPSA) is 136 Å². The van der Waals surface area contributed by atoms with Gasteiger partial charge >= 0.3 is 12.1 Å². The van der Waals surface area contributed by atoms with Crippen LogP contribution in [0.4, 0.5) is 4.79 Å². The summed E-state index contributed by atoms with van der Waals surface area (Å²) in [6, 6.07) is 0.203. The Kier molecular flexibility index (Phi) is 7.58. The number of hydrogen-bond acceptors (Lipinski definition) is 8. The van der Waals surface area contributed by atoms with Crippen LogP contribution in [-0.4, -0.2) is 90.9 Å². The van der Waals surface area contributed by atoms with Crippen molar-refractivity contribution < 1.29 is 37.3 Å². The van der Waals surface area contributed by atoms with E-state index in [9.17, 15) is 23.1 Å². The SMILES string of the molecule is COCCOC(=O)N1[C@@H]2CC[C@H]1[C@H](C(=O)O)N(S(=O)(=O)c1ccc(OC3CCCCC3)nc1)C2. The predicted octanol–water partition coefficient (Wildman–Crippen LogP) is 1.87. The Labute approximate surface area is 199 Å². The predicted molar refractivity (Wildman–Crippen MR) is 119 cm³/mol. The summed E-state index contributed by atoms with van der Waals surface area (Å²) in [5.41, 5.74) is 0. The molecule has 1 aliphatic carbocycles. The van der Waals surface area contributed by atoms with E-state index in [1.807, 2.05) is 0 Å². The molecule has 188 valence electrons. The highest BCUT2D eigenvalue weighted by Crippen LogP contribution is 2.38. The third kappa shape index (κ3) is 4.98. The molecule has 34 heavy (non-hydrogen) atoms. The highest BCUT2D eigenvalue weighted by molar-refractivity contribution is 7.89. The van der Waals surface area contributed by atoms with Gasteiger partial charge in [0.25, 0.3) is 0 Å². The minimum absolute atomic E-state index is 0.0337. The number of ether oxygens (including phenoxy) is 3. The standard InChI is InChI=1S/C22H31N3O8S/c1-31-11-12-32-22(28)25-15-7-9-18(25)20(21(26)27)24(14-15)34(29,30)17-8-10-19(23-13-17)33-16-5-3-2-4-6-16/h8,10,13,15-16,18,20H,2-7,9,11-12,14H2,1H3,(H,26,27)/t15-,18+,20-/m1/s1. The Balaban J connectivity index is 1.51. The van der Waals surface area contributed by atoms with Gasteiger partial charge in [0.1, 0.15) is 23.6 Å². The van der Waals surface area contributed by atoms with Gasteiger partial charge in [0, 0.05) is 25.8 Å². The molecule has 1 aromatic rings. The van der Waals surface area contributed by atoms with E-state index in [1.165, 1.54) is 36.8 Å². The average Bonchev–Trinajstić information content (AvgIpc) is 3.12. The largest absolute Gasteiger partial charge is 0.480 e. The molecule has 3 fully saturated rings. The molecule has 3 heterocycles. The van der Waals surface area contributed by atoms with Crippen molar-refractivity contribution in [2.45, 2.75) is 74.1 Å². The third-order valence-electron chi connectivity index (χ3n) is 6.74. The van der Waals surface area contributed by atoms with Gasteiger partial charge < -0.3 is 19.3 Å². The monoisotopic (exact) mass is 497 g/mol. The van der Waals surface area contributed by atoms with E-state index in [2.05, 4.69) is 4.98 Å². The molecule has 12 heteroatoms. The highest BCUT2D eigenvalue weighted by atomic mass is 32.2. The lowest BCUT2D eigenvalue weighted by Gasteiger charge is -2.43. The zero-order valence-electron chi connectivity index (χ0n) is 19.2. The normalized spacial score (nSPS) is 25.8. The lowest BCUT2D eigenvalue weighted by molar-refractivity contribution is -0.145. The lowest BCUT2D eigenvalue weighted by atomic mass is 9.98. The van der Waals surface area contributed by atoms with E-state index in [0.717, 1.165) is 30.0 Å². The highest BCUT2D eigenvalue weighted by Gasteiger charge is 2.55. The minimum atomic E-state index is -4.17. The van der Waals surface area contributed by atoms with Crippen LogP contribution in [-0.2, 0) is 24.3 Å². The zero-order chi connectivity index (χ0) is 24.3. The maximum atomic E-state index is 13.4. The molecule has 4 rings (SSSR count).